The van der Waals surface area contributed by atoms with Crippen LogP contribution >= 0.6 is 0 Å². The van der Waals surface area contributed by atoms with Crippen LogP contribution in [-0.2, 0) is 4.79 Å². The Balaban J connectivity index is 2.00. The summed E-state index contributed by atoms with van der Waals surface area (Å²) < 4.78 is 1.72. The van der Waals surface area contributed by atoms with Crippen LogP contribution in [0.4, 0.5) is 5.82 Å². The molecule has 3 heterocycles. The predicted molar refractivity (Wildman–Crippen MR) is 79.5 cm³/mol. The van der Waals surface area contributed by atoms with E-state index in [1.807, 2.05) is 0 Å². The fraction of sp³-hybridized carbons (Fsp3) is 0.500. The second-order valence-electron chi connectivity index (χ2n) is 4.84. The van der Waals surface area contributed by atoms with Crippen LogP contribution in [0.2, 0.25) is 4.82 Å². The molecule has 2 aromatic rings. The van der Waals surface area contributed by atoms with E-state index in [1.54, 1.807) is 17.9 Å². The molecule has 3 rings (SSSR count). The summed E-state index contributed by atoms with van der Waals surface area (Å²) in [6.07, 6.45) is 0.850. The number of aliphatic hydroxyl groups is 2. The van der Waals surface area contributed by atoms with E-state index in [1.165, 1.54) is 13.4 Å². The molecule has 22 heavy (non-hydrogen) atoms. The van der Waals surface area contributed by atoms with Gasteiger partial charge in [-0.05, 0) is 0 Å². The fourth-order valence-corrected chi connectivity index (χ4v) is 5.56. The van der Waals surface area contributed by atoms with Crippen LogP contribution in [0.1, 0.15) is 4.94 Å². The molecule has 118 valence electrons. The Hall–Kier alpha value is -1.74. The van der Waals surface area contributed by atoms with Crippen molar-refractivity contribution in [2.45, 2.75) is 22.0 Å². The Morgan fingerprint density at radius 1 is 1.27 bits per heavy atom. The summed E-state index contributed by atoms with van der Waals surface area (Å²) in [5, 5.41) is 25.9. The number of carbonyl (C=O) groups is 1. The number of anilines is 1. The third-order valence-corrected chi connectivity index (χ3v) is 6.91. The van der Waals surface area contributed by atoms with Gasteiger partial charge in [0, 0.05) is 0 Å². The first kappa shape index (κ1) is 15.2. The molecule has 1 fully saturated rings. The molecule has 2 aromatic heterocycles. The van der Waals surface area contributed by atoms with Crippen molar-refractivity contribution < 1.29 is 15.0 Å². The van der Waals surface area contributed by atoms with Crippen molar-refractivity contribution in [3.05, 3.63) is 12.7 Å². The van der Waals surface area contributed by atoms with E-state index in [4.69, 9.17) is 0 Å². The quantitative estimate of drug-likeness (QED) is 0.476. The number of aliphatic hydroxyl groups excluding tert-OH is 2. The summed E-state index contributed by atoms with van der Waals surface area (Å²) in [5.74, 6) is 0.330. The normalized spacial score (nSPS) is 28.0. The minimum atomic E-state index is -1.09. The standard InChI is InChI=1S/C12H16N6O3Se/c1-13-9-5-10(16-3-15-9)18(4-17-5)12-7(20)6(19)8(22-12)11(21)14-2/h3-4,6-8,12,19-20H,1-2H3,(H,14,21)(H,13,15,16)/t6-,7+,8+,12+/m0/s1. The van der Waals surface area contributed by atoms with E-state index in [9.17, 15) is 15.0 Å². The van der Waals surface area contributed by atoms with Crippen LogP contribution in [0.25, 0.3) is 11.2 Å². The van der Waals surface area contributed by atoms with Gasteiger partial charge in [0.2, 0.25) is 0 Å². The van der Waals surface area contributed by atoms with Gasteiger partial charge in [0.05, 0.1) is 0 Å². The summed E-state index contributed by atoms with van der Waals surface area (Å²) in [6.45, 7) is 0. The summed E-state index contributed by atoms with van der Waals surface area (Å²) >= 11 is -0.336. The van der Waals surface area contributed by atoms with E-state index in [-0.39, 0.29) is 20.9 Å². The maximum absolute atomic E-state index is 11.8. The van der Waals surface area contributed by atoms with Crippen LogP contribution in [0.3, 0.4) is 0 Å². The summed E-state index contributed by atoms with van der Waals surface area (Å²) in [5.41, 5.74) is 1.15. The Bertz CT molecular complexity index is 707. The molecule has 0 bridgehead atoms. The molecule has 1 amide bonds. The van der Waals surface area contributed by atoms with Crippen molar-refractivity contribution in [1.29, 1.82) is 0 Å². The van der Waals surface area contributed by atoms with Crippen molar-refractivity contribution in [3.8, 4) is 0 Å². The van der Waals surface area contributed by atoms with Crippen molar-refractivity contribution in [1.82, 2.24) is 24.8 Å². The zero-order valence-electron chi connectivity index (χ0n) is 12.0. The van der Waals surface area contributed by atoms with Crippen molar-refractivity contribution in [3.63, 3.8) is 0 Å². The van der Waals surface area contributed by atoms with Crippen molar-refractivity contribution in [2.75, 3.05) is 19.4 Å². The fourth-order valence-electron chi connectivity index (χ4n) is 2.47. The van der Waals surface area contributed by atoms with E-state index in [0.29, 0.717) is 17.0 Å². The Morgan fingerprint density at radius 2 is 2.05 bits per heavy atom. The van der Waals surface area contributed by atoms with Crippen LogP contribution in [0, 0.1) is 0 Å². The Labute approximate surface area is 132 Å². The molecule has 0 saturated carbocycles. The van der Waals surface area contributed by atoms with Gasteiger partial charge in [-0.15, -0.1) is 0 Å². The molecule has 1 aliphatic heterocycles. The van der Waals surface area contributed by atoms with Gasteiger partial charge in [-0.1, -0.05) is 0 Å². The number of amides is 1. The molecule has 1 saturated heterocycles. The zero-order valence-corrected chi connectivity index (χ0v) is 13.7. The van der Waals surface area contributed by atoms with Gasteiger partial charge >= 0.3 is 132 Å². The molecule has 0 spiro atoms. The van der Waals surface area contributed by atoms with Gasteiger partial charge in [0.15, 0.2) is 0 Å². The molecule has 0 aliphatic carbocycles. The minimum absolute atomic E-state index is 0.260. The SMILES string of the molecule is CNC(=O)[C@@H]1[Se][C@@H](n2cnc3c(NC)ncnc32)[C@H](O)[C@@H]1O. The number of carbonyl (C=O) groups excluding carboxylic acids is 1. The molecule has 10 heteroatoms. The first-order valence-corrected chi connectivity index (χ1v) is 8.64. The van der Waals surface area contributed by atoms with E-state index in [2.05, 4.69) is 25.6 Å². The molecule has 4 N–H and O–H groups in total. The number of imidazole rings is 1. The molecule has 1 aliphatic rings. The number of nitrogens with one attached hydrogen (secondary N) is 2. The molecular weight excluding hydrogens is 355 g/mol. The van der Waals surface area contributed by atoms with Gasteiger partial charge in [-0.25, -0.2) is 0 Å². The molecular formula is C12H16N6O3Se. The van der Waals surface area contributed by atoms with Crippen molar-refractivity contribution >= 4 is 37.8 Å². The van der Waals surface area contributed by atoms with Gasteiger partial charge < -0.3 is 0 Å². The van der Waals surface area contributed by atoms with Crippen LogP contribution in [0.15, 0.2) is 12.7 Å². The molecule has 4 atom stereocenters. The van der Waals surface area contributed by atoms with Crippen LogP contribution in [-0.4, -0.2) is 76.9 Å². The molecule has 0 radical (unpaired) electrons. The number of aromatic nitrogens is 4. The van der Waals surface area contributed by atoms with Crippen molar-refractivity contribution in [2.24, 2.45) is 0 Å². The summed E-state index contributed by atoms with van der Waals surface area (Å²) in [6, 6.07) is 0. The molecule has 0 aromatic carbocycles. The third kappa shape index (κ3) is 2.24. The molecule has 0 unspecified atom stereocenters. The second-order valence-corrected chi connectivity index (χ2v) is 7.49. The van der Waals surface area contributed by atoms with Gasteiger partial charge in [-0.3, -0.25) is 0 Å². The predicted octanol–water partition coefficient (Wildman–Crippen LogP) is -1.66. The van der Waals surface area contributed by atoms with E-state index < -0.39 is 22.0 Å². The molecule has 9 nitrogen and oxygen atoms in total. The topological polar surface area (TPSA) is 125 Å². The first-order chi connectivity index (χ1) is 10.6. The summed E-state index contributed by atoms with van der Waals surface area (Å²) in [4.78, 5) is 23.4. The first-order valence-electron chi connectivity index (χ1n) is 6.67. The number of rotatable bonds is 3. The second kappa shape index (κ2) is 5.80. The number of nitrogens with zero attached hydrogens (tertiary/aromatic N) is 4. The third-order valence-electron chi connectivity index (χ3n) is 3.61. The van der Waals surface area contributed by atoms with E-state index >= 15 is 0 Å². The average Bonchev–Trinajstić information content (AvgIpc) is 3.09. The van der Waals surface area contributed by atoms with Crippen LogP contribution in [0.5, 0.6) is 0 Å². The van der Waals surface area contributed by atoms with Gasteiger partial charge in [-0.2, -0.15) is 0 Å². The van der Waals surface area contributed by atoms with Crippen LogP contribution < -0.4 is 10.6 Å². The monoisotopic (exact) mass is 372 g/mol. The van der Waals surface area contributed by atoms with Gasteiger partial charge in [0.1, 0.15) is 0 Å². The number of hydrogen-bond acceptors (Lipinski definition) is 7. The number of fused-ring (bicyclic) bond motifs is 1. The summed E-state index contributed by atoms with van der Waals surface area (Å²) in [7, 11) is 3.25. The average molecular weight is 371 g/mol. The Kier molecular flexibility index (Phi) is 4.00. The van der Waals surface area contributed by atoms with E-state index in [0.717, 1.165) is 0 Å². The Morgan fingerprint density at radius 3 is 2.73 bits per heavy atom. The van der Waals surface area contributed by atoms with Gasteiger partial charge in [0.25, 0.3) is 0 Å². The number of hydrogen-bond donors (Lipinski definition) is 4. The zero-order chi connectivity index (χ0) is 15.9. The maximum atomic E-state index is 11.8.